The van der Waals surface area contributed by atoms with E-state index in [0.29, 0.717) is 6.54 Å². The maximum atomic E-state index is 12.0. The lowest BCUT2D eigenvalue weighted by Crippen LogP contribution is -2.20. The van der Waals surface area contributed by atoms with Crippen molar-refractivity contribution in [2.75, 3.05) is 12.8 Å². The first-order valence-corrected chi connectivity index (χ1v) is 7.68. The van der Waals surface area contributed by atoms with Crippen LogP contribution in [0.2, 0.25) is 0 Å². The Hall–Kier alpha value is -1.01. The molecule has 0 bridgehead atoms. The van der Waals surface area contributed by atoms with Gasteiger partial charge in [0.2, 0.25) is 0 Å². The van der Waals surface area contributed by atoms with Gasteiger partial charge in [-0.05, 0) is 30.7 Å². The summed E-state index contributed by atoms with van der Waals surface area (Å²) in [6.45, 7) is 0.586. The van der Waals surface area contributed by atoms with E-state index < -0.39 is 17.4 Å². The van der Waals surface area contributed by atoms with Crippen LogP contribution in [0.4, 0.5) is 8.78 Å². The van der Waals surface area contributed by atoms with E-state index in [-0.39, 0.29) is 11.0 Å². The molecule has 0 aliphatic heterocycles. The van der Waals surface area contributed by atoms with E-state index in [2.05, 4.69) is 10.1 Å². The number of benzene rings is 1. The zero-order valence-corrected chi connectivity index (χ0v) is 11.9. The highest BCUT2D eigenvalue weighted by Crippen LogP contribution is 2.14. The molecule has 0 heterocycles. The van der Waals surface area contributed by atoms with E-state index in [0.717, 1.165) is 18.5 Å². The van der Waals surface area contributed by atoms with Crippen molar-refractivity contribution in [3.05, 3.63) is 29.8 Å². The Kier molecular flexibility index (Phi) is 6.94. The molecule has 0 spiro atoms. The zero-order valence-electron chi connectivity index (χ0n) is 11.1. The molecule has 2 unspecified atom stereocenters. The van der Waals surface area contributed by atoms with E-state index in [4.69, 9.17) is 0 Å². The molecule has 0 aliphatic carbocycles. The van der Waals surface area contributed by atoms with E-state index in [1.165, 1.54) is 12.1 Å². The Bertz CT molecular complexity index is 398. The molecule has 1 N–H and O–H groups in total. The fourth-order valence-corrected chi connectivity index (χ4v) is 1.94. The Morgan fingerprint density at radius 1 is 1.32 bits per heavy atom. The van der Waals surface area contributed by atoms with Crippen LogP contribution in [0, 0.1) is 0 Å². The number of alkyl halides is 2. The molecule has 1 rings (SSSR count). The fraction of sp³-hybridized carbons (Fsp3) is 0.538. The van der Waals surface area contributed by atoms with Crippen LogP contribution in [0.25, 0.3) is 0 Å². The van der Waals surface area contributed by atoms with Crippen molar-refractivity contribution in [1.29, 1.82) is 0 Å². The zero-order chi connectivity index (χ0) is 14.3. The minimum atomic E-state index is -2.79. The molecule has 0 fully saturated rings. The SMILES string of the molecule is CC(CCNCc1ccc(OC(F)F)cc1)S(C)=O. The number of rotatable bonds is 8. The Labute approximate surface area is 114 Å². The molecule has 6 heteroatoms. The van der Waals surface area contributed by atoms with Crippen molar-refractivity contribution in [3.8, 4) is 5.75 Å². The summed E-state index contributed by atoms with van der Waals surface area (Å²) in [4.78, 5) is 0. The summed E-state index contributed by atoms with van der Waals surface area (Å²) in [5.41, 5.74) is 0.992. The third-order valence-electron chi connectivity index (χ3n) is 2.77. The van der Waals surface area contributed by atoms with Gasteiger partial charge < -0.3 is 10.1 Å². The van der Waals surface area contributed by atoms with Crippen molar-refractivity contribution >= 4 is 10.8 Å². The van der Waals surface area contributed by atoms with E-state index >= 15 is 0 Å². The molecular weight excluding hydrogens is 272 g/mol. The second-order valence-electron chi connectivity index (χ2n) is 4.30. The first-order chi connectivity index (χ1) is 8.99. The van der Waals surface area contributed by atoms with Crippen LogP contribution >= 0.6 is 0 Å². The van der Waals surface area contributed by atoms with Gasteiger partial charge in [0.05, 0.1) is 0 Å². The van der Waals surface area contributed by atoms with Gasteiger partial charge in [0.15, 0.2) is 0 Å². The van der Waals surface area contributed by atoms with Gasteiger partial charge in [-0.15, -0.1) is 0 Å². The first kappa shape index (κ1) is 16.0. The number of hydrogen-bond acceptors (Lipinski definition) is 3. The van der Waals surface area contributed by atoms with Crippen LogP contribution < -0.4 is 10.1 Å². The van der Waals surface area contributed by atoms with Crippen LogP contribution in [0.5, 0.6) is 5.75 Å². The third-order valence-corrected chi connectivity index (χ3v) is 4.14. The molecule has 0 saturated heterocycles. The van der Waals surface area contributed by atoms with Crippen molar-refractivity contribution < 1.29 is 17.7 Å². The van der Waals surface area contributed by atoms with Crippen LogP contribution in [0.15, 0.2) is 24.3 Å². The predicted octanol–water partition coefficient (Wildman–Crippen LogP) is 2.53. The van der Waals surface area contributed by atoms with Gasteiger partial charge in [0, 0.05) is 28.9 Å². The van der Waals surface area contributed by atoms with Crippen molar-refractivity contribution in [2.45, 2.75) is 31.8 Å². The Morgan fingerprint density at radius 3 is 2.47 bits per heavy atom. The van der Waals surface area contributed by atoms with Gasteiger partial charge in [-0.2, -0.15) is 8.78 Å². The molecule has 1 aromatic carbocycles. The van der Waals surface area contributed by atoms with Gasteiger partial charge in [-0.3, -0.25) is 4.21 Å². The van der Waals surface area contributed by atoms with Crippen molar-refractivity contribution in [2.24, 2.45) is 0 Å². The summed E-state index contributed by atoms with van der Waals surface area (Å²) in [6.07, 6.45) is 2.54. The van der Waals surface area contributed by atoms with Crippen LogP contribution in [-0.4, -0.2) is 28.9 Å². The highest BCUT2D eigenvalue weighted by atomic mass is 32.2. The van der Waals surface area contributed by atoms with Gasteiger partial charge in [-0.25, -0.2) is 0 Å². The van der Waals surface area contributed by atoms with Crippen LogP contribution in [-0.2, 0) is 17.3 Å². The van der Waals surface area contributed by atoms with Crippen LogP contribution in [0.3, 0.4) is 0 Å². The van der Waals surface area contributed by atoms with Crippen LogP contribution in [0.1, 0.15) is 18.9 Å². The second-order valence-corrected chi connectivity index (χ2v) is 6.10. The molecule has 0 amide bonds. The standard InChI is InChI=1S/C13H19F2NO2S/c1-10(19(2)17)7-8-16-9-11-3-5-12(6-4-11)18-13(14)15/h3-6,10,13,16H,7-9H2,1-2H3. The van der Waals surface area contributed by atoms with Gasteiger partial charge >= 0.3 is 6.61 Å². The average molecular weight is 291 g/mol. The highest BCUT2D eigenvalue weighted by Gasteiger charge is 2.05. The summed E-state index contributed by atoms with van der Waals surface area (Å²) in [5, 5.41) is 3.40. The molecule has 3 nitrogen and oxygen atoms in total. The van der Waals surface area contributed by atoms with Crippen molar-refractivity contribution in [3.63, 3.8) is 0 Å². The topological polar surface area (TPSA) is 38.3 Å². The number of halogens is 2. The molecule has 0 aliphatic rings. The predicted molar refractivity (Wildman–Crippen MR) is 72.9 cm³/mol. The number of hydrogen-bond donors (Lipinski definition) is 1. The maximum absolute atomic E-state index is 12.0. The molecule has 0 saturated carbocycles. The first-order valence-electron chi connectivity index (χ1n) is 6.05. The molecule has 1 aromatic rings. The summed E-state index contributed by atoms with van der Waals surface area (Å²) in [6, 6.07) is 6.53. The minimum Gasteiger partial charge on any atom is -0.435 e. The monoisotopic (exact) mass is 291 g/mol. The minimum absolute atomic E-state index is 0.161. The quantitative estimate of drug-likeness (QED) is 0.748. The molecule has 0 aromatic heterocycles. The Morgan fingerprint density at radius 2 is 1.95 bits per heavy atom. The lowest BCUT2D eigenvalue weighted by molar-refractivity contribution is -0.0498. The largest absolute Gasteiger partial charge is 0.435 e. The number of ether oxygens (including phenoxy) is 1. The fourth-order valence-electron chi connectivity index (χ4n) is 1.49. The summed E-state index contributed by atoms with van der Waals surface area (Å²) in [5.74, 6) is 0.161. The second kappa shape index (κ2) is 8.22. The number of nitrogens with one attached hydrogen (secondary N) is 1. The maximum Gasteiger partial charge on any atom is 0.387 e. The highest BCUT2D eigenvalue weighted by molar-refractivity contribution is 7.84. The van der Waals surface area contributed by atoms with E-state index in [1.807, 2.05) is 6.92 Å². The van der Waals surface area contributed by atoms with Gasteiger partial charge in [-0.1, -0.05) is 19.1 Å². The summed E-state index contributed by atoms with van der Waals surface area (Å²) >= 11 is 0. The lowest BCUT2D eigenvalue weighted by Gasteiger charge is -2.10. The lowest BCUT2D eigenvalue weighted by atomic mass is 10.2. The van der Waals surface area contributed by atoms with Gasteiger partial charge in [0.1, 0.15) is 5.75 Å². The molecule has 0 radical (unpaired) electrons. The normalized spacial score (nSPS) is 14.4. The van der Waals surface area contributed by atoms with Crippen molar-refractivity contribution in [1.82, 2.24) is 5.32 Å². The third kappa shape index (κ3) is 6.63. The van der Waals surface area contributed by atoms with Gasteiger partial charge in [0.25, 0.3) is 0 Å². The summed E-state index contributed by atoms with van der Waals surface area (Å²) in [7, 11) is -0.795. The molecule has 19 heavy (non-hydrogen) atoms. The van der Waals surface area contributed by atoms with E-state index in [9.17, 15) is 13.0 Å². The Balaban J connectivity index is 2.28. The molecule has 108 valence electrons. The smallest absolute Gasteiger partial charge is 0.387 e. The van der Waals surface area contributed by atoms with E-state index in [1.54, 1.807) is 18.4 Å². The summed E-state index contributed by atoms with van der Waals surface area (Å²) < 4.78 is 39.3. The molecular formula is C13H19F2NO2S. The molecule has 2 atom stereocenters. The average Bonchev–Trinajstić information content (AvgIpc) is 2.35.